The molecule has 2 atom stereocenters. The number of carbonyl (C=O) groups excluding carboxylic acids is 1. The highest BCUT2D eigenvalue weighted by atomic mass is 16.2. The summed E-state index contributed by atoms with van der Waals surface area (Å²) in [4.78, 5) is 17.1. The quantitative estimate of drug-likeness (QED) is 0.753. The Kier molecular flexibility index (Phi) is 5.23. The van der Waals surface area contributed by atoms with Crippen molar-refractivity contribution in [3.05, 3.63) is 83.9 Å². The normalized spacial score (nSPS) is 13.2. The third-order valence-corrected chi connectivity index (χ3v) is 4.22. The molecule has 0 aliphatic carbocycles. The van der Waals surface area contributed by atoms with Gasteiger partial charge >= 0.3 is 0 Å². The van der Waals surface area contributed by atoms with Crippen molar-refractivity contribution >= 4 is 5.91 Å². The Morgan fingerprint density at radius 2 is 1.92 bits per heavy atom. The Hall–Kier alpha value is -2.95. The first-order chi connectivity index (χ1) is 12.1. The fourth-order valence-electron chi connectivity index (χ4n) is 2.69. The monoisotopic (exact) mass is 334 g/mol. The van der Waals surface area contributed by atoms with Gasteiger partial charge in [0.2, 0.25) is 5.91 Å². The number of nitrogens with zero attached hydrogens (tertiary/aromatic N) is 3. The van der Waals surface area contributed by atoms with Crippen LogP contribution < -0.4 is 5.32 Å². The van der Waals surface area contributed by atoms with Crippen molar-refractivity contribution in [3.63, 3.8) is 0 Å². The predicted octanol–water partition coefficient (Wildman–Crippen LogP) is 3.25. The minimum atomic E-state index is -0.376. The Morgan fingerprint density at radius 1 is 1.12 bits per heavy atom. The van der Waals surface area contributed by atoms with Gasteiger partial charge in [0.25, 0.3) is 0 Å². The van der Waals surface area contributed by atoms with E-state index in [4.69, 9.17) is 0 Å². The zero-order chi connectivity index (χ0) is 17.6. The molecule has 25 heavy (non-hydrogen) atoms. The summed E-state index contributed by atoms with van der Waals surface area (Å²) in [6.45, 7) is 3.90. The average Bonchev–Trinajstić information content (AvgIpc) is 3.17. The highest BCUT2D eigenvalue weighted by Gasteiger charge is 2.21. The smallest absolute Gasteiger partial charge is 0.245 e. The fourth-order valence-corrected chi connectivity index (χ4v) is 2.69. The lowest BCUT2D eigenvalue weighted by atomic mass is 10.0. The van der Waals surface area contributed by atoms with Crippen LogP contribution in [0.3, 0.4) is 0 Å². The van der Waals surface area contributed by atoms with Crippen molar-refractivity contribution in [3.8, 4) is 0 Å². The summed E-state index contributed by atoms with van der Waals surface area (Å²) in [5.74, 6) is -0.0773. The van der Waals surface area contributed by atoms with Gasteiger partial charge in [0.15, 0.2) is 0 Å². The topological polar surface area (TPSA) is 59.8 Å². The molecule has 3 aromatic rings. The van der Waals surface area contributed by atoms with Gasteiger partial charge in [-0.15, -0.1) is 0 Å². The molecule has 1 N–H and O–H groups in total. The number of aryl methyl sites for hydroxylation is 1. The molecule has 0 saturated heterocycles. The largest absolute Gasteiger partial charge is 0.346 e. The second-order valence-electron chi connectivity index (χ2n) is 6.17. The second-order valence-corrected chi connectivity index (χ2v) is 6.17. The molecule has 2 heterocycles. The van der Waals surface area contributed by atoms with Crippen molar-refractivity contribution in [2.45, 2.75) is 32.4 Å². The maximum atomic E-state index is 12.7. The van der Waals surface area contributed by atoms with E-state index in [1.54, 1.807) is 23.3 Å². The number of aromatic nitrogens is 3. The number of rotatable bonds is 6. The summed E-state index contributed by atoms with van der Waals surface area (Å²) in [7, 11) is 0. The van der Waals surface area contributed by atoms with Gasteiger partial charge in [0, 0.05) is 18.6 Å². The standard InChI is InChI=1S/C20H22N4O/c1-15-7-9-17(10-8-15)14-19(18-6-3-4-11-21-18)23-20(25)16(2)24-13-5-12-22-24/h3-13,16,19H,14H2,1-2H3,(H,23,25)/t16-,19-/m1/s1. The molecular formula is C20H22N4O. The van der Waals surface area contributed by atoms with Crippen LogP contribution >= 0.6 is 0 Å². The lowest BCUT2D eigenvalue weighted by molar-refractivity contribution is -0.124. The van der Waals surface area contributed by atoms with E-state index in [1.807, 2.05) is 31.2 Å². The van der Waals surface area contributed by atoms with Crippen LogP contribution in [-0.2, 0) is 11.2 Å². The number of hydrogen-bond donors (Lipinski definition) is 1. The second kappa shape index (κ2) is 7.75. The number of pyridine rings is 1. The van der Waals surface area contributed by atoms with Crippen LogP contribution in [0.2, 0.25) is 0 Å². The first-order valence-corrected chi connectivity index (χ1v) is 8.39. The molecule has 1 aromatic carbocycles. The molecule has 0 radical (unpaired) electrons. The molecule has 128 valence electrons. The van der Waals surface area contributed by atoms with Crippen molar-refractivity contribution in [1.82, 2.24) is 20.1 Å². The van der Waals surface area contributed by atoms with Gasteiger partial charge in [-0.2, -0.15) is 5.10 Å². The van der Waals surface area contributed by atoms with Gasteiger partial charge in [-0.05, 0) is 44.0 Å². The van der Waals surface area contributed by atoms with Gasteiger partial charge in [-0.25, -0.2) is 0 Å². The molecule has 0 aliphatic rings. The molecule has 3 rings (SSSR count). The van der Waals surface area contributed by atoms with Crippen molar-refractivity contribution in [2.75, 3.05) is 0 Å². The zero-order valence-corrected chi connectivity index (χ0v) is 14.5. The third kappa shape index (κ3) is 4.32. The summed E-state index contributed by atoms with van der Waals surface area (Å²) >= 11 is 0. The van der Waals surface area contributed by atoms with E-state index in [-0.39, 0.29) is 18.0 Å². The minimum Gasteiger partial charge on any atom is -0.346 e. The molecule has 5 nitrogen and oxygen atoms in total. The van der Waals surface area contributed by atoms with E-state index < -0.39 is 0 Å². The van der Waals surface area contributed by atoms with Gasteiger partial charge in [0.1, 0.15) is 6.04 Å². The van der Waals surface area contributed by atoms with E-state index in [0.29, 0.717) is 6.42 Å². The van der Waals surface area contributed by atoms with E-state index >= 15 is 0 Å². The molecule has 0 unspecified atom stereocenters. The maximum Gasteiger partial charge on any atom is 0.245 e. The van der Waals surface area contributed by atoms with E-state index in [2.05, 4.69) is 46.6 Å². The number of amides is 1. The van der Waals surface area contributed by atoms with Gasteiger partial charge < -0.3 is 5.32 Å². The van der Waals surface area contributed by atoms with Crippen LogP contribution in [0, 0.1) is 6.92 Å². The minimum absolute atomic E-state index is 0.0773. The number of hydrogen-bond acceptors (Lipinski definition) is 3. The molecule has 0 aliphatic heterocycles. The summed E-state index contributed by atoms with van der Waals surface area (Å²) in [6.07, 6.45) is 5.90. The Bertz CT molecular complexity index is 797. The Balaban J connectivity index is 1.79. The molecule has 0 fully saturated rings. The third-order valence-electron chi connectivity index (χ3n) is 4.22. The number of nitrogens with one attached hydrogen (secondary N) is 1. The van der Waals surface area contributed by atoms with Crippen molar-refractivity contribution < 1.29 is 4.79 Å². The van der Waals surface area contributed by atoms with Crippen LogP contribution in [-0.4, -0.2) is 20.7 Å². The number of carbonyl (C=O) groups is 1. The van der Waals surface area contributed by atoms with Crippen LogP contribution in [0.25, 0.3) is 0 Å². The van der Waals surface area contributed by atoms with Crippen LogP contribution in [0.15, 0.2) is 67.1 Å². The predicted molar refractivity (Wildman–Crippen MR) is 96.9 cm³/mol. The fraction of sp³-hybridized carbons (Fsp3) is 0.250. The first kappa shape index (κ1) is 16.9. The van der Waals surface area contributed by atoms with Crippen LogP contribution in [0.5, 0.6) is 0 Å². The van der Waals surface area contributed by atoms with Crippen LogP contribution in [0.4, 0.5) is 0 Å². The molecule has 1 amide bonds. The van der Waals surface area contributed by atoms with E-state index in [9.17, 15) is 4.79 Å². The van der Waals surface area contributed by atoms with E-state index in [1.165, 1.54) is 5.56 Å². The number of benzene rings is 1. The van der Waals surface area contributed by atoms with Crippen LogP contribution in [0.1, 0.15) is 35.8 Å². The van der Waals surface area contributed by atoms with Gasteiger partial charge in [-0.1, -0.05) is 35.9 Å². The molecule has 5 heteroatoms. The van der Waals surface area contributed by atoms with Crippen molar-refractivity contribution in [1.29, 1.82) is 0 Å². The first-order valence-electron chi connectivity index (χ1n) is 8.39. The Morgan fingerprint density at radius 3 is 2.56 bits per heavy atom. The Labute approximate surface area is 147 Å². The summed E-state index contributed by atoms with van der Waals surface area (Å²) in [5.41, 5.74) is 3.23. The summed E-state index contributed by atoms with van der Waals surface area (Å²) < 4.78 is 1.65. The molecule has 0 spiro atoms. The van der Waals surface area contributed by atoms with Gasteiger partial charge in [0.05, 0.1) is 11.7 Å². The van der Waals surface area contributed by atoms with Crippen molar-refractivity contribution in [2.24, 2.45) is 0 Å². The van der Waals surface area contributed by atoms with Gasteiger partial charge in [-0.3, -0.25) is 14.5 Å². The van der Waals surface area contributed by atoms with E-state index in [0.717, 1.165) is 11.3 Å². The SMILES string of the molecule is Cc1ccc(C[C@@H](NC(=O)[C@@H](C)n2cccn2)c2ccccn2)cc1. The average molecular weight is 334 g/mol. The highest BCUT2D eigenvalue weighted by molar-refractivity contribution is 5.80. The molecule has 0 saturated carbocycles. The summed E-state index contributed by atoms with van der Waals surface area (Å²) in [6, 6.07) is 15.4. The lowest BCUT2D eigenvalue weighted by Gasteiger charge is -2.21. The molecule has 2 aromatic heterocycles. The molecule has 0 bridgehead atoms. The zero-order valence-electron chi connectivity index (χ0n) is 14.5. The molecular weight excluding hydrogens is 312 g/mol. The highest BCUT2D eigenvalue weighted by Crippen LogP contribution is 2.18. The lowest BCUT2D eigenvalue weighted by Crippen LogP contribution is -2.35. The maximum absolute atomic E-state index is 12.7. The summed E-state index contributed by atoms with van der Waals surface area (Å²) in [5, 5.41) is 7.27.